The van der Waals surface area contributed by atoms with Gasteiger partial charge >= 0.3 is 0 Å². The van der Waals surface area contributed by atoms with Crippen molar-refractivity contribution in [2.24, 2.45) is 12.5 Å². The maximum absolute atomic E-state index is 12.2. The summed E-state index contributed by atoms with van der Waals surface area (Å²) < 4.78 is 28.2. The van der Waals surface area contributed by atoms with Crippen molar-refractivity contribution in [2.45, 2.75) is 31.7 Å². The van der Waals surface area contributed by atoms with E-state index in [2.05, 4.69) is 9.82 Å². The second-order valence-electron chi connectivity index (χ2n) is 5.20. The van der Waals surface area contributed by atoms with E-state index in [1.807, 2.05) is 13.8 Å². The van der Waals surface area contributed by atoms with Crippen LogP contribution < -0.4 is 4.72 Å². The van der Waals surface area contributed by atoms with Gasteiger partial charge in [-0.25, -0.2) is 13.1 Å². The van der Waals surface area contributed by atoms with Crippen molar-refractivity contribution < 1.29 is 8.42 Å². The molecule has 0 spiro atoms. The minimum atomic E-state index is -3.65. The van der Waals surface area contributed by atoms with Gasteiger partial charge in [-0.05, 0) is 18.3 Å². The summed E-state index contributed by atoms with van der Waals surface area (Å²) in [6, 6.07) is 0. The largest absolute Gasteiger partial charge is 0.259 e. The van der Waals surface area contributed by atoms with Crippen LogP contribution >= 0.6 is 23.2 Å². The van der Waals surface area contributed by atoms with Crippen LogP contribution in [-0.4, -0.2) is 30.6 Å². The fourth-order valence-corrected chi connectivity index (χ4v) is 3.72. The van der Waals surface area contributed by atoms with Crippen LogP contribution in [0.5, 0.6) is 0 Å². The van der Waals surface area contributed by atoms with Crippen LogP contribution in [0.1, 0.15) is 26.7 Å². The van der Waals surface area contributed by atoms with E-state index in [1.54, 1.807) is 7.05 Å². The fourth-order valence-electron chi connectivity index (χ4n) is 1.69. The Kier molecular flexibility index (Phi) is 5.67. The third kappa shape index (κ3) is 4.63. The zero-order chi connectivity index (χ0) is 14.7. The van der Waals surface area contributed by atoms with E-state index < -0.39 is 10.0 Å². The molecule has 1 heterocycles. The Bertz CT molecular complexity index is 507. The molecule has 1 aromatic rings. The van der Waals surface area contributed by atoms with Crippen LogP contribution in [0.25, 0.3) is 0 Å². The van der Waals surface area contributed by atoms with Gasteiger partial charge in [0.05, 0.1) is 11.2 Å². The van der Waals surface area contributed by atoms with Crippen LogP contribution in [0.4, 0.5) is 0 Å². The lowest BCUT2D eigenvalue weighted by molar-refractivity contribution is 0.331. The second-order valence-corrected chi connectivity index (χ2v) is 7.67. The molecule has 1 aromatic heterocycles. The third-order valence-electron chi connectivity index (χ3n) is 2.82. The number of hydrogen-bond donors (Lipinski definition) is 1. The molecule has 0 fully saturated rings. The number of sulfonamides is 1. The van der Waals surface area contributed by atoms with E-state index in [0.29, 0.717) is 12.4 Å². The van der Waals surface area contributed by atoms with Crippen LogP contribution in [0, 0.1) is 5.41 Å². The molecule has 8 heteroatoms. The van der Waals surface area contributed by atoms with Gasteiger partial charge in [-0.15, -0.1) is 11.6 Å². The SMILES string of the molecule is Cn1ncc(Cl)c1S(=O)(=O)NCC(C)(C)CCCCl. The molecule has 0 saturated carbocycles. The lowest BCUT2D eigenvalue weighted by atomic mass is 9.88. The Balaban J connectivity index is 2.77. The summed E-state index contributed by atoms with van der Waals surface area (Å²) in [5.41, 5.74) is -0.160. The summed E-state index contributed by atoms with van der Waals surface area (Å²) in [5.74, 6) is 0.573. The first-order chi connectivity index (χ1) is 8.69. The maximum Gasteiger partial charge on any atom is 0.259 e. The van der Waals surface area contributed by atoms with Gasteiger partial charge in [0, 0.05) is 19.5 Å². The predicted molar refractivity (Wildman–Crippen MR) is 77.1 cm³/mol. The van der Waals surface area contributed by atoms with E-state index in [9.17, 15) is 8.42 Å². The van der Waals surface area contributed by atoms with Crippen molar-refractivity contribution >= 4 is 33.2 Å². The van der Waals surface area contributed by atoms with Gasteiger partial charge in [-0.1, -0.05) is 25.4 Å². The van der Waals surface area contributed by atoms with Crippen LogP contribution in [-0.2, 0) is 17.1 Å². The average molecular weight is 328 g/mol. The number of aryl methyl sites for hydroxylation is 1. The van der Waals surface area contributed by atoms with Crippen molar-refractivity contribution in [1.82, 2.24) is 14.5 Å². The van der Waals surface area contributed by atoms with Crippen molar-refractivity contribution in [3.8, 4) is 0 Å². The molecule has 1 rings (SSSR count). The first-order valence-corrected chi connectivity index (χ1v) is 8.32. The lowest BCUT2D eigenvalue weighted by Crippen LogP contribution is -2.35. The topological polar surface area (TPSA) is 64.0 Å². The summed E-state index contributed by atoms with van der Waals surface area (Å²) in [7, 11) is -2.11. The highest BCUT2D eigenvalue weighted by Crippen LogP contribution is 2.24. The molecule has 0 bridgehead atoms. The molecule has 5 nitrogen and oxygen atoms in total. The van der Waals surface area contributed by atoms with Gasteiger partial charge in [-0.3, -0.25) is 4.68 Å². The number of rotatable bonds is 7. The summed E-state index contributed by atoms with van der Waals surface area (Å²) in [5, 5.41) is 3.93. The van der Waals surface area contributed by atoms with Gasteiger partial charge < -0.3 is 0 Å². The van der Waals surface area contributed by atoms with Gasteiger partial charge in [0.1, 0.15) is 0 Å². The van der Waals surface area contributed by atoms with E-state index >= 15 is 0 Å². The number of nitrogens with zero attached hydrogens (tertiary/aromatic N) is 2. The number of halogens is 2. The Morgan fingerprint density at radius 1 is 1.47 bits per heavy atom. The molecule has 1 N–H and O–H groups in total. The molecule has 19 heavy (non-hydrogen) atoms. The molecule has 110 valence electrons. The first kappa shape index (κ1) is 16.8. The minimum Gasteiger partial charge on any atom is -0.255 e. The smallest absolute Gasteiger partial charge is 0.255 e. The maximum atomic E-state index is 12.2. The molecule has 0 atom stereocenters. The number of aromatic nitrogens is 2. The van der Waals surface area contributed by atoms with Gasteiger partial charge in [-0.2, -0.15) is 5.10 Å². The van der Waals surface area contributed by atoms with Gasteiger partial charge in [0.25, 0.3) is 10.0 Å². The standard InChI is InChI=1S/C11H19Cl2N3O2S/c1-11(2,5-4-6-12)8-15-19(17,18)10-9(13)7-14-16(10)3/h7,15H,4-6,8H2,1-3H3. The Morgan fingerprint density at radius 3 is 2.58 bits per heavy atom. The number of hydrogen-bond acceptors (Lipinski definition) is 3. The minimum absolute atomic E-state index is 0.0117. The molecule has 0 saturated heterocycles. The summed E-state index contributed by atoms with van der Waals surface area (Å²) >= 11 is 11.5. The normalized spacial score (nSPS) is 12.9. The molecule has 0 aliphatic heterocycles. The van der Waals surface area contributed by atoms with E-state index in [0.717, 1.165) is 12.8 Å². The third-order valence-corrected chi connectivity index (χ3v) is 5.00. The first-order valence-electron chi connectivity index (χ1n) is 5.93. The van der Waals surface area contributed by atoms with E-state index in [1.165, 1.54) is 10.9 Å². The molecule has 0 aromatic carbocycles. The molecular formula is C11H19Cl2N3O2S. The Morgan fingerprint density at radius 2 is 2.11 bits per heavy atom. The molecule has 0 radical (unpaired) electrons. The summed E-state index contributed by atoms with van der Waals surface area (Å²) in [4.78, 5) is 0. The number of alkyl halides is 1. The Hall–Kier alpha value is -0.300. The number of nitrogens with one attached hydrogen (secondary N) is 1. The monoisotopic (exact) mass is 327 g/mol. The van der Waals surface area contributed by atoms with Gasteiger partial charge in [0.2, 0.25) is 0 Å². The highest BCUT2D eigenvalue weighted by atomic mass is 35.5. The van der Waals surface area contributed by atoms with E-state index in [-0.39, 0.29) is 15.5 Å². The van der Waals surface area contributed by atoms with Crippen LogP contribution in [0.15, 0.2) is 11.2 Å². The molecule has 0 unspecified atom stereocenters. The molecule has 0 amide bonds. The second kappa shape index (κ2) is 6.43. The van der Waals surface area contributed by atoms with Crippen molar-refractivity contribution in [2.75, 3.05) is 12.4 Å². The van der Waals surface area contributed by atoms with Crippen LogP contribution in [0.3, 0.4) is 0 Å². The predicted octanol–water partition coefficient (Wildman–Crippen LogP) is 2.40. The summed E-state index contributed by atoms with van der Waals surface area (Å²) in [6.07, 6.45) is 3.01. The van der Waals surface area contributed by atoms with Crippen molar-refractivity contribution in [3.05, 3.63) is 11.2 Å². The van der Waals surface area contributed by atoms with E-state index in [4.69, 9.17) is 23.2 Å². The van der Waals surface area contributed by atoms with Crippen LogP contribution in [0.2, 0.25) is 5.02 Å². The zero-order valence-electron chi connectivity index (χ0n) is 11.3. The quantitative estimate of drug-likeness (QED) is 0.782. The zero-order valence-corrected chi connectivity index (χ0v) is 13.6. The molecule has 0 aliphatic rings. The highest BCUT2D eigenvalue weighted by Gasteiger charge is 2.26. The van der Waals surface area contributed by atoms with Gasteiger partial charge in [0.15, 0.2) is 5.03 Å². The lowest BCUT2D eigenvalue weighted by Gasteiger charge is -2.24. The fraction of sp³-hybridized carbons (Fsp3) is 0.727. The van der Waals surface area contributed by atoms with Crippen molar-refractivity contribution in [1.29, 1.82) is 0 Å². The highest BCUT2D eigenvalue weighted by molar-refractivity contribution is 7.89. The Labute approximate surface area is 124 Å². The average Bonchev–Trinajstić information content (AvgIpc) is 2.65. The molecule has 0 aliphatic carbocycles. The summed E-state index contributed by atoms with van der Waals surface area (Å²) in [6.45, 7) is 4.31. The molecular weight excluding hydrogens is 309 g/mol. The van der Waals surface area contributed by atoms with Crippen molar-refractivity contribution in [3.63, 3.8) is 0 Å².